The van der Waals surface area contributed by atoms with Gasteiger partial charge in [-0.05, 0) is 84.7 Å². The van der Waals surface area contributed by atoms with E-state index < -0.39 is 0 Å². The SMILES string of the molecule is C\C=C/C=c1/cc(-c2ccc(OCCC(C)C)c(C(=O)NCCCc3ccccc3)c2)cc(O)/c1=C\CC. The van der Waals surface area contributed by atoms with E-state index in [-0.39, 0.29) is 11.7 Å². The van der Waals surface area contributed by atoms with Crippen LogP contribution in [-0.2, 0) is 6.42 Å². The molecule has 0 bridgehead atoms. The van der Waals surface area contributed by atoms with Gasteiger partial charge in [-0.3, -0.25) is 4.79 Å². The number of phenolic OH excluding ortho intramolecular Hbond substituents is 1. The minimum Gasteiger partial charge on any atom is -0.507 e. The Kier molecular flexibility index (Phi) is 11.2. The Balaban J connectivity index is 1.90. The summed E-state index contributed by atoms with van der Waals surface area (Å²) in [6, 6.07) is 19.8. The van der Waals surface area contributed by atoms with E-state index in [1.54, 1.807) is 6.07 Å². The Morgan fingerprint density at radius 2 is 1.84 bits per heavy atom. The summed E-state index contributed by atoms with van der Waals surface area (Å²) in [5.74, 6) is 1.17. The normalized spacial score (nSPS) is 12.4. The first-order chi connectivity index (χ1) is 18.4. The zero-order valence-electron chi connectivity index (χ0n) is 23.2. The molecule has 0 radical (unpaired) electrons. The van der Waals surface area contributed by atoms with Gasteiger partial charge in [-0.2, -0.15) is 0 Å². The number of allylic oxidation sites excluding steroid dienone is 2. The van der Waals surface area contributed by atoms with Crippen LogP contribution in [-0.4, -0.2) is 24.2 Å². The highest BCUT2D eigenvalue weighted by Crippen LogP contribution is 2.28. The van der Waals surface area contributed by atoms with E-state index in [9.17, 15) is 9.90 Å². The van der Waals surface area contributed by atoms with Crippen LogP contribution < -0.4 is 20.5 Å². The molecule has 3 rings (SSSR count). The number of hydrogen-bond acceptors (Lipinski definition) is 3. The minimum absolute atomic E-state index is 0.152. The van der Waals surface area contributed by atoms with E-state index in [0.717, 1.165) is 47.2 Å². The molecule has 38 heavy (non-hydrogen) atoms. The van der Waals surface area contributed by atoms with Crippen molar-refractivity contribution in [1.29, 1.82) is 0 Å². The number of ether oxygens (including phenoxy) is 1. The number of phenols is 1. The Hall–Kier alpha value is -3.79. The summed E-state index contributed by atoms with van der Waals surface area (Å²) in [7, 11) is 0. The van der Waals surface area contributed by atoms with E-state index in [1.165, 1.54) is 5.56 Å². The van der Waals surface area contributed by atoms with Crippen molar-refractivity contribution in [3.05, 3.63) is 94.4 Å². The van der Waals surface area contributed by atoms with Crippen LogP contribution in [0.2, 0.25) is 0 Å². The fourth-order valence-corrected chi connectivity index (χ4v) is 4.24. The predicted octanol–water partition coefficient (Wildman–Crippen LogP) is 6.39. The molecule has 2 N–H and O–H groups in total. The molecule has 0 spiro atoms. The van der Waals surface area contributed by atoms with Crippen molar-refractivity contribution in [2.45, 2.75) is 53.4 Å². The molecular formula is C34H41NO3. The average molecular weight is 512 g/mol. The van der Waals surface area contributed by atoms with Crippen molar-refractivity contribution in [2.24, 2.45) is 5.92 Å². The van der Waals surface area contributed by atoms with Gasteiger partial charge in [-0.1, -0.05) is 81.5 Å². The minimum atomic E-state index is -0.152. The van der Waals surface area contributed by atoms with Crippen molar-refractivity contribution in [2.75, 3.05) is 13.2 Å². The van der Waals surface area contributed by atoms with Crippen LogP contribution in [0.1, 0.15) is 62.9 Å². The molecule has 0 aromatic heterocycles. The van der Waals surface area contributed by atoms with Crippen LogP contribution in [0.15, 0.2) is 72.8 Å². The van der Waals surface area contributed by atoms with Crippen molar-refractivity contribution >= 4 is 18.1 Å². The number of hydrogen-bond donors (Lipinski definition) is 2. The molecule has 0 atom stereocenters. The number of nitrogens with one attached hydrogen (secondary N) is 1. The third-order valence-electron chi connectivity index (χ3n) is 6.35. The van der Waals surface area contributed by atoms with Gasteiger partial charge in [0.2, 0.25) is 0 Å². The van der Waals surface area contributed by atoms with Crippen LogP contribution in [0.3, 0.4) is 0 Å². The molecule has 0 fully saturated rings. The third-order valence-corrected chi connectivity index (χ3v) is 6.35. The highest BCUT2D eigenvalue weighted by atomic mass is 16.5. The summed E-state index contributed by atoms with van der Waals surface area (Å²) in [6.07, 6.45) is 11.4. The molecular weight excluding hydrogens is 470 g/mol. The van der Waals surface area contributed by atoms with E-state index >= 15 is 0 Å². The molecule has 200 valence electrons. The van der Waals surface area contributed by atoms with Gasteiger partial charge < -0.3 is 15.2 Å². The fourth-order valence-electron chi connectivity index (χ4n) is 4.24. The maximum absolute atomic E-state index is 13.3. The van der Waals surface area contributed by atoms with Crippen molar-refractivity contribution in [1.82, 2.24) is 5.32 Å². The summed E-state index contributed by atoms with van der Waals surface area (Å²) in [6.45, 7) is 9.45. The summed E-state index contributed by atoms with van der Waals surface area (Å²) in [5.41, 5.74) is 3.46. The van der Waals surface area contributed by atoms with Crippen LogP contribution in [0.25, 0.3) is 23.3 Å². The monoisotopic (exact) mass is 511 g/mol. The second-order valence-electron chi connectivity index (χ2n) is 9.89. The van der Waals surface area contributed by atoms with Gasteiger partial charge in [0.05, 0.1) is 12.2 Å². The highest BCUT2D eigenvalue weighted by Gasteiger charge is 2.15. The molecule has 0 heterocycles. The Morgan fingerprint density at radius 3 is 2.55 bits per heavy atom. The fraction of sp³-hybridized carbons (Fsp3) is 0.324. The molecule has 0 unspecified atom stereocenters. The van der Waals surface area contributed by atoms with Gasteiger partial charge in [0.15, 0.2) is 0 Å². The lowest BCUT2D eigenvalue weighted by atomic mass is 9.99. The van der Waals surface area contributed by atoms with Crippen LogP contribution in [0, 0.1) is 5.92 Å². The lowest BCUT2D eigenvalue weighted by Crippen LogP contribution is -2.26. The molecule has 0 saturated carbocycles. The predicted molar refractivity (Wildman–Crippen MR) is 159 cm³/mol. The Morgan fingerprint density at radius 1 is 1.05 bits per heavy atom. The van der Waals surface area contributed by atoms with Gasteiger partial charge in [0.25, 0.3) is 5.91 Å². The summed E-state index contributed by atoms with van der Waals surface area (Å²) in [5, 5.41) is 15.7. The summed E-state index contributed by atoms with van der Waals surface area (Å²) < 4.78 is 6.06. The first kappa shape index (κ1) is 28.8. The first-order valence-electron chi connectivity index (χ1n) is 13.7. The third kappa shape index (κ3) is 8.37. The van der Waals surface area contributed by atoms with Crippen LogP contribution in [0.4, 0.5) is 0 Å². The lowest BCUT2D eigenvalue weighted by molar-refractivity contribution is 0.0949. The molecule has 0 saturated heterocycles. The largest absolute Gasteiger partial charge is 0.507 e. The van der Waals surface area contributed by atoms with Gasteiger partial charge in [-0.25, -0.2) is 0 Å². The molecule has 4 nitrogen and oxygen atoms in total. The van der Waals surface area contributed by atoms with Crippen molar-refractivity contribution in [3.63, 3.8) is 0 Å². The topological polar surface area (TPSA) is 58.6 Å². The smallest absolute Gasteiger partial charge is 0.255 e. The number of benzene rings is 3. The van der Waals surface area contributed by atoms with E-state index in [4.69, 9.17) is 4.74 Å². The number of aryl methyl sites for hydroxylation is 1. The molecule has 1 amide bonds. The molecule has 0 aliphatic carbocycles. The maximum atomic E-state index is 13.3. The molecule has 0 aliphatic heterocycles. The van der Waals surface area contributed by atoms with Crippen molar-refractivity contribution in [3.8, 4) is 22.6 Å². The van der Waals surface area contributed by atoms with E-state index in [1.807, 2.05) is 67.6 Å². The van der Waals surface area contributed by atoms with E-state index in [0.29, 0.717) is 30.4 Å². The number of carbonyl (C=O) groups excluding carboxylic acids is 1. The number of amides is 1. The average Bonchev–Trinajstić information content (AvgIpc) is 2.91. The highest BCUT2D eigenvalue weighted by molar-refractivity contribution is 5.98. The van der Waals surface area contributed by atoms with Gasteiger partial charge in [-0.15, -0.1) is 0 Å². The zero-order chi connectivity index (χ0) is 27.3. The molecule has 3 aromatic carbocycles. The standard InChI is InChI=1S/C34H41NO3/c1-5-7-16-28-22-29(24-32(36)30(28)12-6-2)27-17-18-33(38-21-19-25(3)4)31(23-27)34(37)35-20-11-15-26-13-9-8-10-14-26/h5,7-10,12-14,16-18,22-25,36H,6,11,15,19-21H2,1-4H3,(H,35,37)/b7-5-,28-16-,30-12-. The van der Waals surface area contributed by atoms with E-state index in [2.05, 4.69) is 44.3 Å². The van der Waals surface area contributed by atoms with Crippen LogP contribution >= 0.6 is 0 Å². The quantitative estimate of drug-likeness (QED) is 0.277. The van der Waals surface area contributed by atoms with Crippen LogP contribution in [0.5, 0.6) is 11.5 Å². The molecule has 4 heteroatoms. The Labute approximate surface area is 227 Å². The second-order valence-corrected chi connectivity index (χ2v) is 9.89. The molecule has 0 aliphatic rings. The number of rotatable bonds is 12. The zero-order valence-corrected chi connectivity index (χ0v) is 23.2. The first-order valence-corrected chi connectivity index (χ1v) is 13.7. The lowest BCUT2D eigenvalue weighted by Gasteiger charge is -2.15. The Bertz CT molecular complexity index is 1340. The summed E-state index contributed by atoms with van der Waals surface area (Å²) in [4.78, 5) is 13.3. The van der Waals surface area contributed by atoms with Crippen molar-refractivity contribution < 1.29 is 14.6 Å². The summed E-state index contributed by atoms with van der Waals surface area (Å²) >= 11 is 0. The second kappa shape index (κ2) is 14.8. The number of aromatic hydroxyl groups is 1. The number of carbonyl (C=O) groups is 1. The van der Waals surface area contributed by atoms with Gasteiger partial charge in [0.1, 0.15) is 11.5 Å². The molecule has 3 aromatic rings. The maximum Gasteiger partial charge on any atom is 0.255 e. The van der Waals surface area contributed by atoms with Gasteiger partial charge >= 0.3 is 0 Å². The van der Waals surface area contributed by atoms with Gasteiger partial charge in [0, 0.05) is 11.8 Å².